The molecule has 7 aromatic rings. The molecule has 8 rings (SSSR count). The number of ether oxygens (including phenoxy) is 1. The molecule has 0 spiro atoms. The summed E-state index contributed by atoms with van der Waals surface area (Å²) in [6.45, 7) is 0.668. The Morgan fingerprint density at radius 2 is 1.32 bits per heavy atom. The third-order valence-electron chi connectivity index (χ3n) is 7.57. The summed E-state index contributed by atoms with van der Waals surface area (Å²) in [7, 11) is 0. The molecule has 0 radical (unpaired) electrons. The largest absolute Gasteiger partial charge is 0.456 e. The number of rotatable bonds is 1. The Morgan fingerprint density at radius 1 is 0.595 bits per heavy atom. The predicted molar refractivity (Wildman–Crippen MR) is 149 cm³/mol. The maximum atomic E-state index is 13.6. The number of hydrogen-bond donors (Lipinski definition) is 0. The summed E-state index contributed by atoms with van der Waals surface area (Å²) in [4.78, 5) is 13.6. The molecule has 2 aromatic heterocycles. The van der Waals surface area contributed by atoms with E-state index in [9.17, 15) is 4.79 Å². The van der Waals surface area contributed by atoms with Gasteiger partial charge in [0.2, 0.25) is 0 Å². The minimum Gasteiger partial charge on any atom is -0.456 e. The number of hydrogen-bond acceptors (Lipinski definition) is 3. The van der Waals surface area contributed by atoms with Crippen LogP contribution < -0.4 is 5.56 Å². The van der Waals surface area contributed by atoms with Gasteiger partial charge in [0.1, 0.15) is 17.9 Å². The Labute approximate surface area is 211 Å². The summed E-state index contributed by atoms with van der Waals surface area (Å²) in [6.07, 6.45) is 0. The molecule has 0 amide bonds. The van der Waals surface area contributed by atoms with Crippen molar-refractivity contribution in [2.24, 2.45) is 0 Å². The predicted octanol–water partition coefficient (Wildman–Crippen LogP) is 7.88. The molecule has 176 valence electrons. The third-order valence-corrected chi connectivity index (χ3v) is 7.57. The zero-order valence-corrected chi connectivity index (χ0v) is 19.9. The number of pyridine rings is 1. The van der Waals surface area contributed by atoms with E-state index in [0.29, 0.717) is 12.0 Å². The summed E-state index contributed by atoms with van der Waals surface area (Å²) in [5, 5.41) is 4.90. The molecule has 0 atom stereocenters. The minimum atomic E-state index is -0.0252. The second kappa shape index (κ2) is 7.66. The quantitative estimate of drug-likeness (QED) is 0.225. The van der Waals surface area contributed by atoms with Crippen molar-refractivity contribution in [1.29, 1.82) is 0 Å². The first-order valence-electron chi connectivity index (χ1n) is 12.4. The molecule has 4 heteroatoms. The average molecular weight is 480 g/mol. The molecule has 1 aliphatic rings. The highest BCUT2D eigenvalue weighted by atomic mass is 16.5. The van der Waals surface area contributed by atoms with Gasteiger partial charge in [-0.3, -0.25) is 9.36 Å². The van der Waals surface area contributed by atoms with E-state index in [1.807, 2.05) is 54.6 Å². The summed E-state index contributed by atoms with van der Waals surface area (Å²) in [5.74, 6) is 0. The summed E-state index contributed by atoms with van der Waals surface area (Å²) < 4.78 is 13.9. The topological polar surface area (TPSA) is 44.4 Å². The number of benzene rings is 5. The lowest BCUT2D eigenvalue weighted by molar-refractivity contribution is 0.0645. The van der Waals surface area contributed by atoms with E-state index >= 15 is 0 Å². The molecule has 37 heavy (non-hydrogen) atoms. The Bertz CT molecular complexity index is 2100. The standard InChI is InChI=1S/C33H21NO3/c35-33-26-11-4-3-9-24(26)29-17-22(20-13-14-31-27(15-20)25-10-5-6-12-30(25)37-31)16-28-23-8-2-1-7-21(23)18-36-19-34(33)32(28)29/h1-17H,18-19H2. The molecule has 3 heterocycles. The van der Waals surface area contributed by atoms with Gasteiger partial charge in [0.15, 0.2) is 0 Å². The van der Waals surface area contributed by atoms with Crippen LogP contribution in [0.1, 0.15) is 5.56 Å². The fourth-order valence-corrected chi connectivity index (χ4v) is 5.84. The molecule has 0 unspecified atom stereocenters. The van der Waals surface area contributed by atoms with E-state index in [0.717, 1.165) is 66.0 Å². The molecular weight excluding hydrogens is 458 g/mol. The number of furan rings is 1. The van der Waals surface area contributed by atoms with E-state index < -0.39 is 0 Å². The van der Waals surface area contributed by atoms with Gasteiger partial charge in [-0.25, -0.2) is 0 Å². The van der Waals surface area contributed by atoms with Crippen LogP contribution in [-0.4, -0.2) is 4.57 Å². The maximum Gasteiger partial charge on any atom is 0.260 e. The number of aromatic nitrogens is 1. The van der Waals surface area contributed by atoms with Gasteiger partial charge in [0, 0.05) is 27.1 Å². The van der Waals surface area contributed by atoms with Crippen LogP contribution in [-0.2, 0) is 18.1 Å². The Morgan fingerprint density at radius 3 is 2.24 bits per heavy atom. The molecule has 1 aliphatic heterocycles. The lowest BCUT2D eigenvalue weighted by atomic mass is 9.91. The van der Waals surface area contributed by atoms with Crippen molar-refractivity contribution in [2.45, 2.75) is 13.3 Å². The minimum absolute atomic E-state index is 0.0252. The Balaban J connectivity index is 1.52. The van der Waals surface area contributed by atoms with Crippen LogP contribution in [0.5, 0.6) is 0 Å². The van der Waals surface area contributed by atoms with Gasteiger partial charge in [0.25, 0.3) is 5.56 Å². The van der Waals surface area contributed by atoms with Crippen LogP contribution in [0.4, 0.5) is 0 Å². The normalized spacial score (nSPS) is 13.2. The summed E-state index contributed by atoms with van der Waals surface area (Å²) >= 11 is 0. The van der Waals surface area contributed by atoms with Crippen LogP contribution in [0.25, 0.3) is 65.9 Å². The fraction of sp³-hybridized carbons (Fsp3) is 0.0606. The lowest BCUT2D eigenvalue weighted by Gasteiger charge is -2.22. The molecule has 0 fully saturated rings. The lowest BCUT2D eigenvalue weighted by Crippen LogP contribution is -2.24. The molecule has 0 saturated heterocycles. The Hall–Kier alpha value is -4.67. The number of nitrogens with zero attached hydrogens (tertiary/aromatic N) is 1. The average Bonchev–Trinajstić information content (AvgIpc) is 3.31. The van der Waals surface area contributed by atoms with E-state index in [1.165, 1.54) is 0 Å². The first-order chi connectivity index (χ1) is 18.3. The third kappa shape index (κ3) is 2.97. The van der Waals surface area contributed by atoms with Crippen molar-refractivity contribution in [2.75, 3.05) is 0 Å². The van der Waals surface area contributed by atoms with Crippen molar-refractivity contribution in [1.82, 2.24) is 4.57 Å². The highest BCUT2D eigenvalue weighted by molar-refractivity contribution is 6.13. The number of para-hydroxylation sites is 1. The first kappa shape index (κ1) is 20.5. The molecular formula is C33H21NO3. The summed E-state index contributed by atoms with van der Waals surface area (Å²) in [6, 6.07) is 35.2. The second-order valence-electron chi connectivity index (χ2n) is 9.64. The summed E-state index contributed by atoms with van der Waals surface area (Å²) in [5.41, 5.74) is 8.11. The van der Waals surface area contributed by atoms with Crippen LogP contribution in [0.15, 0.2) is 112 Å². The van der Waals surface area contributed by atoms with Gasteiger partial charge in [-0.1, -0.05) is 66.7 Å². The van der Waals surface area contributed by atoms with Crippen LogP contribution in [0.2, 0.25) is 0 Å². The van der Waals surface area contributed by atoms with E-state index in [2.05, 4.69) is 48.5 Å². The zero-order valence-electron chi connectivity index (χ0n) is 19.9. The van der Waals surface area contributed by atoms with E-state index in [1.54, 1.807) is 4.57 Å². The van der Waals surface area contributed by atoms with Crippen molar-refractivity contribution in [3.63, 3.8) is 0 Å². The van der Waals surface area contributed by atoms with E-state index in [-0.39, 0.29) is 12.3 Å². The van der Waals surface area contributed by atoms with Gasteiger partial charge < -0.3 is 9.15 Å². The van der Waals surface area contributed by atoms with E-state index in [4.69, 9.17) is 9.15 Å². The van der Waals surface area contributed by atoms with Gasteiger partial charge >= 0.3 is 0 Å². The molecule has 0 bridgehead atoms. The van der Waals surface area contributed by atoms with Gasteiger partial charge in [-0.2, -0.15) is 0 Å². The molecule has 5 aromatic carbocycles. The first-order valence-corrected chi connectivity index (χ1v) is 12.4. The van der Waals surface area contributed by atoms with Crippen molar-refractivity contribution in [3.8, 4) is 22.3 Å². The van der Waals surface area contributed by atoms with Gasteiger partial charge in [-0.15, -0.1) is 0 Å². The van der Waals surface area contributed by atoms with Crippen LogP contribution in [0.3, 0.4) is 0 Å². The van der Waals surface area contributed by atoms with Crippen molar-refractivity contribution < 1.29 is 9.15 Å². The Kier molecular flexibility index (Phi) is 4.25. The smallest absolute Gasteiger partial charge is 0.260 e. The molecule has 0 aliphatic carbocycles. The highest BCUT2D eigenvalue weighted by Crippen LogP contribution is 2.40. The van der Waals surface area contributed by atoms with Crippen LogP contribution in [0, 0.1) is 0 Å². The van der Waals surface area contributed by atoms with Gasteiger partial charge in [0.05, 0.1) is 12.1 Å². The SMILES string of the molecule is O=c1c2ccccc2c2cc(-c3ccc4oc5ccccc5c4c3)cc3c2n1COCc1ccccc1-3. The maximum absolute atomic E-state index is 13.6. The highest BCUT2D eigenvalue weighted by Gasteiger charge is 2.21. The fourth-order valence-electron chi connectivity index (χ4n) is 5.84. The number of fused-ring (bicyclic) bond motifs is 7. The van der Waals surface area contributed by atoms with Crippen LogP contribution >= 0.6 is 0 Å². The molecule has 0 N–H and O–H groups in total. The van der Waals surface area contributed by atoms with Gasteiger partial charge in [-0.05, 0) is 64.0 Å². The van der Waals surface area contributed by atoms with Crippen molar-refractivity contribution in [3.05, 3.63) is 119 Å². The van der Waals surface area contributed by atoms with Crippen molar-refractivity contribution >= 4 is 43.6 Å². The molecule has 0 saturated carbocycles. The zero-order chi connectivity index (χ0) is 24.5. The monoisotopic (exact) mass is 479 g/mol. The molecule has 4 nitrogen and oxygen atoms in total. The second-order valence-corrected chi connectivity index (χ2v) is 9.64.